The van der Waals surface area contributed by atoms with Crippen LogP contribution < -0.4 is 9.47 Å². The number of benzene rings is 2. The van der Waals surface area contributed by atoms with Gasteiger partial charge in [-0.2, -0.15) is 0 Å². The lowest BCUT2D eigenvalue weighted by atomic mass is 10.0. The first kappa shape index (κ1) is 15.1. The molecule has 0 bridgehead atoms. The van der Waals surface area contributed by atoms with Crippen molar-refractivity contribution in [3.8, 4) is 11.5 Å². The van der Waals surface area contributed by atoms with Gasteiger partial charge in [-0.1, -0.05) is 30.3 Å². The molecule has 0 radical (unpaired) electrons. The number of nitrogens with zero attached hydrogens (tertiary/aromatic N) is 1. The highest BCUT2D eigenvalue weighted by atomic mass is 16.5. The molecule has 4 nitrogen and oxygen atoms in total. The van der Waals surface area contributed by atoms with Crippen LogP contribution in [0.5, 0.6) is 11.5 Å². The highest BCUT2D eigenvalue weighted by Crippen LogP contribution is 2.36. The maximum atomic E-state index is 13.0. The van der Waals surface area contributed by atoms with Gasteiger partial charge in [0.1, 0.15) is 11.5 Å². The second-order valence-corrected chi connectivity index (χ2v) is 6.38. The molecular formula is C20H21NO3. The minimum atomic E-state index is -0.388. The zero-order valence-corrected chi connectivity index (χ0v) is 13.8. The molecule has 1 fully saturated rings. The second-order valence-electron chi connectivity index (χ2n) is 6.38. The number of ether oxygens (including phenoxy) is 2. The summed E-state index contributed by atoms with van der Waals surface area (Å²) in [5.74, 6) is 1.78. The van der Waals surface area contributed by atoms with Gasteiger partial charge in [-0.25, -0.2) is 0 Å². The van der Waals surface area contributed by atoms with E-state index in [4.69, 9.17) is 9.47 Å². The van der Waals surface area contributed by atoms with Crippen LogP contribution in [0.3, 0.4) is 0 Å². The Bertz CT molecular complexity index is 716. The lowest BCUT2D eigenvalue weighted by molar-refractivity contribution is -0.138. The van der Waals surface area contributed by atoms with E-state index >= 15 is 0 Å². The molecule has 0 saturated carbocycles. The molecule has 4 heteroatoms. The number of amides is 1. The van der Waals surface area contributed by atoms with Crippen LogP contribution in [0.1, 0.15) is 30.0 Å². The molecule has 2 aliphatic heterocycles. The Hall–Kier alpha value is -2.49. The summed E-state index contributed by atoms with van der Waals surface area (Å²) in [5.41, 5.74) is 2.29. The monoisotopic (exact) mass is 323 g/mol. The summed E-state index contributed by atoms with van der Waals surface area (Å²) < 4.78 is 11.1. The Labute approximate surface area is 142 Å². The molecule has 4 rings (SSSR count). The number of carbonyl (C=O) groups excluding carboxylic acids is 1. The van der Waals surface area contributed by atoms with Gasteiger partial charge >= 0.3 is 0 Å². The third-order valence-electron chi connectivity index (χ3n) is 4.96. The number of likely N-dealkylation sites (tertiary alicyclic amines) is 1. The average Bonchev–Trinajstić information content (AvgIpc) is 3.28. The van der Waals surface area contributed by atoms with E-state index in [1.807, 2.05) is 41.3 Å². The first-order chi connectivity index (χ1) is 11.8. The zero-order chi connectivity index (χ0) is 16.5. The summed E-state index contributed by atoms with van der Waals surface area (Å²) in [6.45, 7) is 0.797. The second kappa shape index (κ2) is 6.19. The highest BCUT2D eigenvalue weighted by Gasteiger charge is 2.37. The molecule has 0 aromatic heterocycles. The Balaban J connectivity index is 1.51. The first-order valence-electron chi connectivity index (χ1n) is 8.45. The summed E-state index contributed by atoms with van der Waals surface area (Å²) in [6, 6.07) is 16.1. The third-order valence-corrected chi connectivity index (χ3v) is 4.96. The molecule has 0 unspecified atom stereocenters. The van der Waals surface area contributed by atoms with E-state index in [1.165, 1.54) is 0 Å². The van der Waals surface area contributed by atoms with Crippen LogP contribution in [-0.4, -0.2) is 30.6 Å². The molecule has 2 aromatic rings. The predicted octanol–water partition coefficient (Wildman–Crippen LogP) is 3.36. The molecule has 2 aromatic carbocycles. The van der Waals surface area contributed by atoms with Crippen LogP contribution in [-0.2, 0) is 11.2 Å². The van der Waals surface area contributed by atoms with Crippen molar-refractivity contribution < 1.29 is 14.3 Å². The first-order valence-corrected chi connectivity index (χ1v) is 8.45. The predicted molar refractivity (Wildman–Crippen MR) is 91.2 cm³/mol. The number of para-hydroxylation sites is 1. The van der Waals surface area contributed by atoms with E-state index in [0.29, 0.717) is 6.42 Å². The number of rotatable bonds is 3. The molecule has 0 spiro atoms. The van der Waals surface area contributed by atoms with Crippen LogP contribution in [0.15, 0.2) is 48.5 Å². The smallest absolute Gasteiger partial charge is 0.264 e. The van der Waals surface area contributed by atoms with Crippen LogP contribution in [0.25, 0.3) is 0 Å². The molecule has 1 saturated heterocycles. The molecule has 2 atom stereocenters. The summed E-state index contributed by atoms with van der Waals surface area (Å²) in [6.07, 6.45) is 2.31. The van der Waals surface area contributed by atoms with Gasteiger partial charge in [0.2, 0.25) is 0 Å². The summed E-state index contributed by atoms with van der Waals surface area (Å²) in [4.78, 5) is 15.0. The van der Waals surface area contributed by atoms with Crippen molar-refractivity contribution in [1.82, 2.24) is 4.90 Å². The van der Waals surface area contributed by atoms with Crippen LogP contribution >= 0.6 is 0 Å². The van der Waals surface area contributed by atoms with Gasteiger partial charge in [0.05, 0.1) is 13.2 Å². The number of hydrogen-bond acceptors (Lipinski definition) is 3. The van der Waals surface area contributed by atoms with Crippen LogP contribution in [0, 0.1) is 0 Å². The summed E-state index contributed by atoms with van der Waals surface area (Å²) in [5, 5.41) is 0. The van der Waals surface area contributed by atoms with Crippen molar-refractivity contribution in [2.45, 2.75) is 31.4 Å². The van der Waals surface area contributed by atoms with Crippen molar-refractivity contribution in [3.63, 3.8) is 0 Å². The minimum absolute atomic E-state index is 0.101. The molecular weight excluding hydrogens is 302 g/mol. The van der Waals surface area contributed by atoms with Gasteiger partial charge in [-0.05, 0) is 42.2 Å². The summed E-state index contributed by atoms with van der Waals surface area (Å²) in [7, 11) is 1.66. The van der Waals surface area contributed by atoms with Gasteiger partial charge in [-0.3, -0.25) is 4.79 Å². The number of methoxy groups -OCH3 is 1. The standard InChI is InChI=1S/C20H21NO3/c1-23-16-10-8-14(9-11-16)17-6-4-12-21(17)20(22)19-13-15-5-2-3-7-18(15)24-19/h2-3,5,7-11,17,19H,4,6,12-13H2,1H3/t17-,19+/m0/s1. The van der Waals surface area contributed by atoms with Crippen molar-refractivity contribution >= 4 is 5.91 Å². The summed E-state index contributed by atoms with van der Waals surface area (Å²) >= 11 is 0. The van der Waals surface area contributed by atoms with Crippen molar-refractivity contribution in [3.05, 3.63) is 59.7 Å². The SMILES string of the molecule is COc1ccc([C@@H]2CCCN2C(=O)[C@H]2Cc3ccccc3O2)cc1. The lowest BCUT2D eigenvalue weighted by Gasteiger charge is -2.27. The van der Waals surface area contributed by atoms with Gasteiger partial charge in [-0.15, -0.1) is 0 Å². The normalized spacial score (nSPS) is 22.1. The minimum Gasteiger partial charge on any atom is -0.497 e. The highest BCUT2D eigenvalue weighted by molar-refractivity contribution is 5.83. The average molecular weight is 323 g/mol. The van der Waals surface area contributed by atoms with Crippen molar-refractivity contribution in [1.29, 1.82) is 0 Å². The van der Waals surface area contributed by atoms with Crippen molar-refractivity contribution in [2.24, 2.45) is 0 Å². The van der Waals surface area contributed by atoms with E-state index in [-0.39, 0.29) is 18.1 Å². The fourth-order valence-electron chi connectivity index (χ4n) is 3.71. The third kappa shape index (κ3) is 2.62. The quantitative estimate of drug-likeness (QED) is 0.869. The van der Waals surface area contributed by atoms with Gasteiger partial charge in [0, 0.05) is 13.0 Å². The topological polar surface area (TPSA) is 38.8 Å². The van der Waals surface area contributed by atoms with E-state index in [0.717, 1.165) is 42.0 Å². The number of carbonyl (C=O) groups is 1. The van der Waals surface area contributed by atoms with Crippen LogP contribution in [0.4, 0.5) is 0 Å². The molecule has 2 heterocycles. The van der Waals surface area contributed by atoms with Crippen LogP contribution in [0.2, 0.25) is 0 Å². The van der Waals surface area contributed by atoms with Gasteiger partial charge in [0.25, 0.3) is 5.91 Å². The van der Waals surface area contributed by atoms with E-state index in [1.54, 1.807) is 7.11 Å². The number of hydrogen-bond donors (Lipinski definition) is 0. The van der Waals surface area contributed by atoms with Gasteiger partial charge in [0.15, 0.2) is 6.10 Å². The van der Waals surface area contributed by atoms with E-state index in [9.17, 15) is 4.79 Å². The molecule has 0 aliphatic carbocycles. The fourth-order valence-corrected chi connectivity index (χ4v) is 3.71. The fraction of sp³-hybridized carbons (Fsp3) is 0.350. The Kier molecular flexibility index (Phi) is 3.89. The molecule has 124 valence electrons. The molecule has 0 N–H and O–H groups in total. The number of fused-ring (bicyclic) bond motifs is 1. The lowest BCUT2D eigenvalue weighted by Crippen LogP contribution is -2.40. The van der Waals surface area contributed by atoms with E-state index in [2.05, 4.69) is 12.1 Å². The Morgan fingerprint density at radius 2 is 1.96 bits per heavy atom. The van der Waals surface area contributed by atoms with E-state index < -0.39 is 0 Å². The maximum absolute atomic E-state index is 13.0. The maximum Gasteiger partial charge on any atom is 0.264 e. The Morgan fingerprint density at radius 1 is 1.17 bits per heavy atom. The van der Waals surface area contributed by atoms with Gasteiger partial charge < -0.3 is 14.4 Å². The molecule has 1 amide bonds. The van der Waals surface area contributed by atoms with Crippen molar-refractivity contribution in [2.75, 3.05) is 13.7 Å². The Morgan fingerprint density at radius 3 is 2.71 bits per heavy atom. The molecule has 2 aliphatic rings. The zero-order valence-electron chi connectivity index (χ0n) is 13.8. The largest absolute Gasteiger partial charge is 0.497 e. The molecule has 24 heavy (non-hydrogen) atoms.